The molecule has 0 spiro atoms. The minimum absolute atomic E-state index is 0.470. The molecule has 88 valence electrons. The first-order chi connectivity index (χ1) is 7.53. The van der Waals surface area contributed by atoms with E-state index in [-0.39, 0.29) is 0 Å². The summed E-state index contributed by atoms with van der Waals surface area (Å²) in [6, 6.07) is 10.2. The summed E-state index contributed by atoms with van der Waals surface area (Å²) in [5, 5.41) is 3.70. The lowest BCUT2D eigenvalue weighted by atomic mass is 10.0. The van der Waals surface area contributed by atoms with Crippen molar-refractivity contribution in [3.05, 3.63) is 35.4 Å². The molecule has 1 saturated carbocycles. The molecule has 0 bridgehead atoms. The molecular weight excluding hydrogens is 194 g/mol. The highest BCUT2D eigenvalue weighted by atomic mass is 15.0. The molecule has 2 unspecified atom stereocenters. The van der Waals surface area contributed by atoms with Gasteiger partial charge in [0, 0.05) is 12.1 Å². The van der Waals surface area contributed by atoms with Gasteiger partial charge in [-0.25, -0.2) is 0 Å². The lowest BCUT2D eigenvalue weighted by Gasteiger charge is -2.16. The molecule has 1 aromatic carbocycles. The van der Waals surface area contributed by atoms with Crippen molar-refractivity contribution < 1.29 is 0 Å². The second-order valence-electron chi connectivity index (χ2n) is 5.73. The number of nitrogens with one attached hydrogen (secondary N) is 1. The summed E-state index contributed by atoms with van der Waals surface area (Å²) in [6.07, 6.45) is 2.43. The van der Waals surface area contributed by atoms with E-state index in [1.807, 2.05) is 0 Å². The van der Waals surface area contributed by atoms with Crippen LogP contribution in [0.5, 0.6) is 0 Å². The van der Waals surface area contributed by atoms with Crippen molar-refractivity contribution in [2.45, 2.75) is 52.6 Å². The van der Waals surface area contributed by atoms with Gasteiger partial charge in [-0.3, -0.25) is 0 Å². The molecule has 1 aliphatic rings. The molecule has 2 atom stereocenters. The molecule has 16 heavy (non-hydrogen) atoms. The van der Waals surface area contributed by atoms with E-state index in [1.54, 1.807) is 0 Å². The van der Waals surface area contributed by atoms with Crippen LogP contribution < -0.4 is 5.32 Å². The van der Waals surface area contributed by atoms with Crippen molar-refractivity contribution >= 4 is 0 Å². The molecule has 1 heteroatoms. The van der Waals surface area contributed by atoms with Crippen LogP contribution >= 0.6 is 0 Å². The molecule has 1 fully saturated rings. The summed E-state index contributed by atoms with van der Waals surface area (Å²) in [5.74, 6) is 0. The van der Waals surface area contributed by atoms with Gasteiger partial charge in [0.15, 0.2) is 0 Å². The fourth-order valence-electron chi connectivity index (χ4n) is 2.19. The first-order valence-corrected chi connectivity index (χ1v) is 6.38. The van der Waals surface area contributed by atoms with E-state index in [4.69, 9.17) is 0 Å². The first-order valence-electron chi connectivity index (χ1n) is 6.38. The Morgan fingerprint density at radius 3 is 2.31 bits per heavy atom. The lowest BCUT2D eigenvalue weighted by Crippen LogP contribution is -2.24. The standard InChI is InChI=1S/C15H23N/c1-5-12-6-8-13(9-7-12)11(2)16-14-10-15(14,3)4/h6-9,11,14,16H,5,10H2,1-4H3. The van der Waals surface area contributed by atoms with Crippen molar-refractivity contribution in [1.82, 2.24) is 5.32 Å². The van der Waals surface area contributed by atoms with Gasteiger partial charge in [0.2, 0.25) is 0 Å². The van der Waals surface area contributed by atoms with Crippen LogP contribution in [0.2, 0.25) is 0 Å². The number of hydrogen-bond donors (Lipinski definition) is 1. The largest absolute Gasteiger partial charge is 0.307 e. The minimum atomic E-state index is 0.470. The lowest BCUT2D eigenvalue weighted by molar-refractivity contribution is 0.492. The molecule has 0 amide bonds. The average molecular weight is 217 g/mol. The number of hydrogen-bond acceptors (Lipinski definition) is 1. The van der Waals surface area contributed by atoms with Gasteiger partial charge in [-0.2, -0.15) is 0 Å². The Labute approximate surface area is 99.3 Å². The fraction of sp³-hybridized carbons (Fsp3) is 0.600. The smallest absolute Gasteiger partial charge is 0.0294 e. The maximum Gasteiger partial charge on any atom is 0.0294 e. The first kappa shape index (κ1) is 11.7. The fourth-order valence-corrected chi connectivity index (χ4v) is 2.19. The Bertz CT molecular complexity index is 350. The van der Waals surface area contributed by atoms with Crippen LogP contribution in [0.1, 0.15) is 51.3 Å². The SMILES string of the molecule is CCc1ccc(C(C)NC2CC2(C)C)cc1. The van der Waals surface area contributed by atoms with Gasteiger partial charge in [-0.1, -0.05) is 45.0 Å². The molecule has 0 radical (unpaired) electrons. The van der Waals surface area contributed by atoms with Crippen LogP contribution in [0.4, 0.5) is 0 Å². The van der Waals surface area contributed by atoms with Crippen molar-refractivity contribution in [2.24, 2.45) is 5.41 Å². The van der Waals surface area contributed by atoms with Crippen LogP contribution in [0.3, 0.4) is 0 Å². The van der Waals surface area contributed by atoms with E-state index >= 15 is 0 Å². The molecule has 0 heterocycles. The molecule has 0 aliphatic heterocycles. The molecule has 0 saturated heterocycles. The van der Waals surface area contributed by atoms with Gasteiger partial charge in [0.05, 0.1) is 0 Å². The highest BCUT2D eigenvalue weighted by molar-refractivity contribution is 5.25. The van der Waals surface area contributed by atoms with Crippen LogP contribution in [0.15, 0.2) is 24.3 Å². The maximum atomic E-state index is 3.70. The van der Waals surface area contributed by atoms with E-state index in [0.717, 1.165) is 6.42 Å². The predicted molar refractivity (Wildman–Crippen MR) is 69.6 cm³/mol. The third kappa shape index (κ3) is 2.46. The average Bonchev–Trinajstić information content (AvgIpc) is 2.86. The second kappa shape index (κ2) is 4.21. The zero-order valence-electron chi connectivity index (χ0n) is 10.9. The molecule has 1 aromatic rings. The topological polar surface area (TPSA) is 12.0 Å². The summed E-state index contributed by atoms with van der Waals surface area (Å²) in [6.45, 7) is 9.12. The van der Waals surface area contributed by atoms with Crippen molar-refractivity contribution in [3.8, 4) is 0 Å². The minimum Gasteiger partial charge on any atom is -0.307 e. The molecule has 1 aliphatic carbocycles. The van der Waals surface area contributed by atoms with Gasteiger partial charge < -0.3 is 5.32 Å². The molecular formula is C15H23N. The Morgan fingerprint density at radius 2 is 1.88 bits per heavy atom. The molecule has 1 N–H and O–H groups in total. The van der Waals surface area contributed by atoms with Crippen LogP contribution in [0.25, 0.3) is 0 Å². The highest BCUT2D eigenvalue weighted by Crippen LogP contribution is 2.45. The summed E-state index contributed by atoms with van der Waals surface area (Å²) in [4.78, 5) is 0. The van der Waals surface area contributed by atoms with Crippen molar-refractivity contribution in [2.75, 3.05) is 0 Å². The van der Waals surface area contributed by atoms with E-state index in [9.17, 15) is 0 Å². The molecule has 1 nitrogen and oxygen atoms in total. The summed E-state index contributed by atoms with van der Waals surface area (Å²) in [5.41, 5.74) is 3.33. The monoisotopic (exact) mass is 217 g/mol. The van der Waals surface area contributed by atoms with Crippen LogP contribution in [-0.4, -0.2) is 6.04 Å². The summed E-state index contributed by atoms with van der Waals surface area (Å²) < 4.78 is 0. The Balaban J connectivity index is 1.96. The van der Waals surface area contributed by atoms with Crippen molar-refractivity contribution in [3.63, 3.8) is 0 Å². The van der Waals surface area contributed by atoms with E-state index in [1.165, 1.54) is 17.5 Å². The number of aryl methyl sites for hydroxylation is 1. The Kier molecular flexibility index (Phi) is 3.07. The normalized spacial score (nSPS) is 24.1. The van der Waals surface area contributed by atoms with Crippen LogP contribution in [-0.2, 0) is 6.42 Å². The summed E-state index contributed by atoms with van der Waals surface area (Å²) in [7, 11) is 0. The summed E-state index contributed by atoms with van der Waals surface area (Å²) >= 11 is 0. The Morgan fingerprint density at radius 1 is 1.31 bits per heavy atom. The van der Waals surface area contributed by atoms with E-state index in [2.05, 4.69) is 57.3 Å². The Hall–Kier alpha value is -0.820. The molecule has 0 aromatic heterocycles. The van der Waals surface area contributed by atoms with E-state index < -0.39 is 0 Å². The zero-order valence-corrected chi connectivity index (χ0v) is 10.9. The van der Waals surface area contributed by atoms with E-state index in [0.29, 0.717) is 17.5 Å². The second-order valence-corrected chi connectivity index (χ2v) is 5.73. The third-order valence-electron chi connectivity index (χ3n) is 3.85. The van der Waals surface area contributed by atoms with Gasteiger partial charge in [-0.15, -0.1) is 0 Å². The van der Waals surface area contributed by atoms with Gasteiger partial charge in [0.1, 0.15) is 0 Å². The number of benzene rings is 1. The van der Waals surface area contributed by atoms with Gasteiger partial charge >= 0.3 is 0 Å². The predicted octanol–water partition coefficient (Wildman–Crippen LogP) is 3.70. The van der Waals surface area contributed by atoms with Gasteiger partial charge in [-0.05, 0) is 36.3 Å². The van der Waals surface area contributed by atoms with Gasteiger partial charge in [0.25, 0.3) is 0 Å². The highest BCUT2D eigenvalue weighted by Gasteiger charge is 2.45. The van der Waals surface area contributed by atoms with Crippen molar-refractivity contribution in [1.29, 1.82) is 0 Å². The zero-order chi connectivity index (χ0) is 11.8. The molecule has 2 rings (SSSR count). The maximum absolute atomic E-state index is 3.70. The quantitative estimate of drug-likeness (QED) is 0.811. The third-order valence-corrected chi connectivity index (χ3v) is 3.85. The van der Waals surface area contributed by atoms with Crippen LogP contribution in [0, 0.1) is 5.41 Å². The number of rotatable bonds is 4.